The number of benzene rings is 2. The van der Waals surface area contributed by atoms with E-state index in [-0.39, 0.29) is 300 Å². The van der Waals surface area contributed by atoms with Crippen molar-refractivity contribution in [1.29, 1.82) is 0 Å². The molecular weight excluding hydrogens is 1160 g/mol. The summed E-state index contributed by atoms with van der Waals surface area (Å²) in [6.07, 6.45) is -2.00. The number of Topliss-reactive ketones (excluding diaryl/α,β-unsaturated/α-hetero) is 1. The average Bonchev–Trinajstić information content (AvgIpc) is 3.14. The van der Waals surface area contributed by atoms with E-state index in [1.807, 2.05) is 18.9 Å². The van der Waals surface area contributed by atoms with E-state index in [9.17, 15) is 24.6 Å². The van der Waals surface area contributed by atoms with Gasteiger partial charge in [0.15, 0.2) is 12.1 Å². The summed E-state index contributed by atoms with van der Waals surface area (Å²) >= 11 is 0. The number of likely N-dealkylation sites (N-methyl/N-ethyl adjacent to an activating group) is 1. The fraction of sp³-hybridized carbons (Fsp3) is 0.452. The van der Waals surface area contributed by atoms with Gasteiger partial charge in [0, 0.05) is 263 Å². The smallest absolute Gasteiger partial charge is 0.202 e. The van der Waals surface area contributed by atoms with E-state index >= 15 is 0 Å². The average molecular weight is 1190 g/mol. The molecule has 2 fully saturated rings. The zero-order valence-corrected chi connectivity index (χ0v) is 46.0. The van der Waals surface area contributed by atoms with Crippen LogP contribution in [0.4, 0.5) is 0 Å². The number of carbonyl (C=O) groups is 3. The molecule has 2 aromatic rings. The first-order valence-corrected chi connectivity index (χ1v) is 13.8. The second-order valence-corrected chi connectivity index (χ2v) is 11.6. The summed E-state index contributed by atoms with van der Waals surface area (Å²) in [4.78, 5) is 42.2. The van der Waals surface area contributed by atoms with Gasteiger partial charge >= 0.3 is 0 Å². The molecule has 6 atom stereocenters. The Labute approximate surface area is 459 Å². The molecule has 2 N–H and O–H groups in total. The van der Waals surface area contributed by atoms with Crippen LogP contribution in [0.5, 0.6) is 17.2 Å². The number of phenolic OH excluding ortho intramolecular Hbond substituents is 2. The van der Waals surface area contributed by atoms with Crippen LogP contribution in [0.2, 0.25) is 0 Å². The Balaban J connectivity index is -0.000000368. The van der Waals surface area contributed by atoms with Crippen molar-refractivity contribution in [1.82, 2.24) is 4.90 Å². The van der Waals surface area contributed by atoms with Crippen molar-refractivity contribution in [2.75, 3.05) is 21.0 Å². The van der Waals surface area contributed by atoms with Gasteiger partial charge in [0.2, 0.25) is 5.78 Å². The van der Waals surface area contributed by atoms with Gasteiger partial charge in [0.1, 0.15) is 24.0 Å². The summed E-state index contributed by atoms with van der Waals surface area (Å²) in [5.74, 6) is -2.46. The zero-order chi connectivity index (χ0) is 30.1. The third-order valence-corrected chi connectivity index (χ3v) is 9.01. The molecule has 0 aromatic heterocycles. The van der Waals surface area contributed by atoms with Crippen LogP contribution in [0.3, 0.4) is 0 Å². The number of rotatable bonds is 4. The second-order valence-electron chi connectivity index (χ2n) is 11.6. The van der Waals surface area contributed by atoms with Crippen LogP contribution in [0.25, 0.3) is 0 Å². The van der Waals surface area contributed by atoms with Crippen LogP contribution in [0.1, 0.15) is 75.8 Å². The monoisotopic (exact) mass is 1190 g/mol. The normalized spacial score (nSPS) is 24.0. The molecule has 0 amide bonds. The Hall–Kier alpha value is 3.53. The predicted octanol–water partition coefficient (Wildman–Crippen LogP) is 3.19. The van der Waals surface area contributed by atoms with E-state index in [2.05, 4.69) is 6.92 Å². The van der Waals surface area contributed by atoms with E-state index in [0.717, 1.165) is 0 Å². The van der Waals surface area contributed by atoms with Gasteiger partial charge in [0.05, 0.1) is 42.1 Å². The van der Waals surface area contributed by atoms with Gasteiger partial charge in [-0.25, -0.2) is 0 Å². The summed E-state index contributed by atoms with van der Waals surface area (Å²) in [5, 5.41) is 23.3. The van der Waals surface area contributed by atoms with Crippen molar-refractivity contribution in [3.8, 4) is 17.2 Å². The summed E-state index contributed by atoms with van der Waals surface area (Å²) in [6, 6.07) is 4.44. The molecule has 6 rings (SSSR count). The molecule has 54 heavy (non-hydrogen) atoms. The van der Waals surface area contributed by atoms with Crippen LogP contribution >= 0.6 is 0 Å². The standard InChI is InChI=1S/C31H33NO10.12V/c1-14-30-18(32(4)12-39-13-40-30)9-21(41-14)42-20-11-31(3,15(2)33)10-17-23(20)29(37)25-24(27(17)35)26(34)16-7-6-8-19(38-5)22(16)28(25)36;;;;;;;;;;;;/h6-8,12,14,18,20-21,30,35,37H,2,9-11,13H2,1,3-5H3;;;;;;;;;;;;/q-2;;;;;;;;;;;;/t14-,18-,20-,21-,30+,31+;;;;;;;;;;;;/m0............/s1. The third kappa shape index (κ3) is 13.5. The maximum atomic E-state index is 13.8. The first kappa shape index (κ1) is 72.0. The second kappa shape index (κ2) is 29.8. The molecule has 2 aromatic carbocycles. The minimum Gasteiger partial charge on any atom is -0.517 e. The number of ketones is 3. The third-order valence-electron chi connectivity index (χ3n) is 9.01. The number of ether oxygens (including phenoxy) is 5. The summed E-state index contributed by atoms with van der Waals surface area (Å²) < 4.78 is 29.2. The first-order valence-electron chi connectivity index (χ1n) is 13.8. The Kier molecular flexibility index (Phi) is 39.7. The molecule has 0 spiro atoms. The number of aromatic hydroxyl groups is 2. The minimum atomic E-state index is -1.09. The van der Waals surface area contributed by atoms with E-state index < -0.39 is 46.7 Å². The van der Waals surface area contributed by atoms with E-state index in [4.69, 9.17) is 23.7 Å². The van der Waals surface area contributed by atoms with Gasteiger partial charge in [-0.3, -0.25) is 9.59 Å². The zero-order valence-electron chi connectivity index (χ0n) is 29.2. The largest absolute Gasteiger partial charge is 0.517 e. The molecule has 2 aliphatic carbocycles. The van der Waals surface area contributed by atoms with Crippen molar-refractivity contribution >= 4 is 17.3 Å². The molecule has 12 radical (unpaired) electrons. The molecule has 2 aliphatic heterocycles. The van der Waals surface area contributed by atoms with Gasteiger partial charge in [-0.05, 0) is 32.9 Å². The maximum absolute atomic E-state index is 13.8. The number of fused-ring (bicyclic) bond motifs is 4. The maximum Gasteiger partial charge on any atom is 0.202 e. The quantitative estimate of drug-likeness (QED) is 0.294. The van der Waals surface area contributed by atoms with Crippen LogP contribution in [0, 0.1) is 19.1 Å². The van der Waals surface area contributed by atoms with Crippen LogP contribution in [0.15, 0.2) is 18.2 Å². The molecular formula is C31H33NO10V12-2. The van der Waals surface area contributed by atoms with E-state index in [1.165, 1.54) is 13.2 Å². The van der Waals surface area contributed by atoms with Crippen LogP contribution in [-0.2, 0) is 253 Å². The van der Waals surface area contributed by atoms with E-state index in [1.54, 1.807) is 25.8 Å². The number of nitrogens with zero attached hydrogens (tertiary/aromatic N) is 1. The van der Waals surface area contributed by atoms with Crippen LogP contribution in [-0.4, -0.2) is 78.0 Å². The molecule has 0 unspecified atom stereocenters. The number of methoxy groups -OCH3 is 1. The number of hydrogen-bond acceptors (Lipinski definition) is 11. The summed E-state index contributed by atoms with van der Waals surface area (Å²) in [7, 11) is 3.24. The molecule has 4 aliphatic rings. The minimum absolute atomic E-state index is 0. The van der Waals surface area contributed by atoms with Crippen LogP contribution < -0.4 is 4.74 Å². The fourth-order valence-electron chi connectivity index (χ4n) is 6.72. The van der Waals surface area contributed by atoms with Gasteiger partial charge in [-0.15, -0.1) is 6.73 Å². The van der Waals surface area contributed by atoms with E-state index in [0.29, 0.717) is 6.42 Å². The SMILES string of the molecule is [CH2-]C(=O)[C@]1(C)Cc2c(O)c3c(c(O)c2[C@@H](O[C@H]2C[C@H]4[C@H](OCO[CH-]N4C)[C@H](C)O2)C1)C(=O)c1c(OC)cccc1C3=O.[V].[V].[V].[V].[V].[V].[V].[V].[V].[V].[V].[V]. The molecule has 2 saturated heterocycles. The van der Waals surface area contributed by atoms with Crippen molar-refractivity contribution in [2.24, 2.45) is 5.41 Å². The molecule has 2 heterocycles. The van der Waals surface area contributed by atoms with Gasteiger partial charge < -0.3 is 50.5 Å². The van der Waals surface area contributed by atoms with Gasteiger partial charge in [-0.1, -0.05) is 19.1 Å². The van der Waals surface area contributed by atoms with Crippen molar-refractivity contribution < 1.29 is 271 Å². The van der Waals surface area contributed by atoms with Gasteiger partial charge in [-0.2, -0.15) is 0 Å². The van der Waals surface area contributed by atoms with Crippen molar-refractivity contribution in [3.63, 3.8) is 0 Å². The van der Waals surface area contributed by atoms with Crippen molar-refractivity contribution in [3.05, 3.63) is 65.2 Å². The Morgan fingerprint density at radius 3 is 2.06 bits per heavy atom. The summed E-state index contributed by atoms with van der Waals surface area (Å²) in [5.41, 5.74) is -1.37. The molecule has 11 nitrogen and oxygen atoms in total. The fourth-order valence-corrected chi connectivity index (χ4v) is 6.72. The Bertz CT molecular complexity index is 1530. The molecule has 0 saturated carbocycles. The Morgan fingerprint density at radius 1 is 0.926 bits per heavy atom. The molecule has 23 heteroatoms. The van der Waals surface area contributed by atoms with Crippen molar-refractivity contribution in [2.45, 2.75) is 63.8 Å². The first-order chi connectivity index (χ1) is 20.0. The topological polar surface area (TPSA) is 141 Å². The van der Waals surface area contributed by atoms with Gasteiger partial charge in [0.25, 0.3) is 0 Å². The molecule has 0 bridgehead atoms. The predicted molar refractivity (Wildman–Crippen MR) is 146 cm³/mol. The summed E-state index contributed by atoms with van der Waals surface area (Å²) in [6.45, 7) is 8.87. The number of phenols is 2. The Morgan fingerprint density at radius 2 is 1.50 bits per heavy atom. The number of carbonyl (C=O) groups excluding carboxylic acids is 3. The molecule has 284 valence electrons. The number of hydrogen-bond donors (Lipinski definition) is 2.